The minimum atomic E-state index is -0.187. The molecule has 1 aliphatic rings. The Morgan fingerprint density at radius 2 is 1.67 bits per heavy atom. The standard InChI is InChI=1S/C27H25N3O2S/c28-17-21-11-3-5-14-24(21)33-25-15-6-4-13-23(25)27(32)29-18-19-8-7-12-22(16-19)30-26(31)20-9-1-2-10-20/h3-8,11-16,20H,1-2,9-10,18H2,(H,29,32)(H,30,31). The quantitative estimate of drug-likeness (QED) is 0.474. The van der Waals surface area contributed by atoms with Gasteiger partial charge in [-0.3, -0.25) is 9.59 Å². The lowest BCUT2D eigenvalue weighted by molar-refractivity contribution is -0.119. The van der Waals surface area contributed by atoms with Gasteiger partial charge in [0.25, 0.3) is 5.91 Å². The second kappa shape index (κ2) is 10.8. The summed E-state index contributed by atoms with van der Waals surface area (Å²) in [6.45, 7) is 0.347. The molecule has 0 saturated heterocycles. The molecule has 4 rings (SSSR count). The summed E-state index contributed by atoms with van der Waals surface area (Å²) in [5, 5.41) is 15.3. The van der Waals surface area contributed by atoms with E-state index in [-0.39, 0.29) is 17.7 Å². The van der Waals surface area contributed by atoms with Crippen LogP contribution in [0.4, 0.5) is 5.69 Å². The van der Waals surface area contributed by atoms with Gasteiger partial charge in [0.1, 0.15) is 6.07 Å². The van der Waals surface area contributed by atoms with Crippen LogP contribution in [0.3, 0.4) is 0 Å². The fraction of sp³-hybridized carbons (Fsp3) is 0.222. The van der Waals surface area contributed by atoms with Crippen molar-refractivity contribution in [3.05, 3.63) is 89.5 Å². The molecule has 3 aromatic rings. The van der Waals surface area contributed by atoms with Gasteiger partial charge in [0, 0.05) is 27.9 Å². The molecule has 3 aromatic carbocycles. The van der Waals surface area contributed by atoms with Crippen LogP contribution in [-0.2, 0) is 11.3 Å². The van der Waals surface area contributed by atoms with Crippen LogP contribution in [0.15, 0.2) is 82.6 Å². The summed E-state index contributed by atoms with van der Waals surface area (Å²) < 4.78 is 0. The van der Waals surface area contributed by atoms with E-state index in [0.717, 1.165) is 46.7 Å². The number of nitrogens with zero attached hydrogens (tertiary/aromatic N) is 1. The van der Waals surface area contributed by atoms with Crippen molar-refractivity contribution in [1.82, 2.24) is 5.32 Å². The Morgan fingerprint density at radius 1 is 0.939 bits per heavy atom. The number of anilines is 1. The van der Waals surface area contributed by atoms with Crippen molar-refractivity contribution in [2.45, 2.75) is 42.0 Å². The minimum Gasteiger partial charge on any atom is -0.348 e. The van der Waals surface area contributed by atoms with E-state index >= 15 is 0 Å². The Morgan fingerprint density at radius 3 is 2.45 bits per heavy atom. The third kappa shape index (κ3) is 5.82. The van der Waals surface area contributed by atoms with Crippen LogP contribution in [0, 0.1) is 17.2 Å². The maximum Gasteiger partial charge on any atom is 0.252 e. The summed E-state index contributed by atoms with van der Waals surface area (Å²) in [5.41, 5.74) is 2.80. The zero-order valence-corrected chi connectivity index (χ0v) is 19.0. The number of rotatable bonds is 7. The van der Waals surface area contributed by atoms with Gasteiger partial charge < -0.3 is 10.6 Å². The average molecular weight is 456 g/mol. The van der Waals surface area contributed by atoms with E-state index in [9.17, 15) is 14.9 Å². The van der Waals surface area contributed by atoms with Crippen LogP contribution >= 0.6 is 11.8 Å². The van der Waals surface area contributed by atoms with Gasteiger partial charge >= 0.3 is 0 Å². The number of carbonyl (C=O) groups is 2. The van der Waals surface area contributed by atoms with E-state index in [1.165, 1.54) is 11.8 Å². The van der Waals surface area contributed by atoms with Gasteiger partial charge in [0.2, 0.25) is 5.91 Å². The number of nitriles is 1. The van der Waals surface area contributed by atoms with Gasteiger partial charge in [0.05, 0.1) is 11.1 Å². The van der Waals surface area contributed by atoms with Crippen molar-refractivity contribution in [3.8, 4) is 6.07 Å². The zero-order valence-electron chi connectivity index (χ0n) is 18.2. The molecule has 0 aliphatic heterocycles. The van der Waals surface area contributed by atoms with Crippen molar-refractivity contribution in [1.29, 1.82) is 5.26 Å². The topological polar surface area (TPSA) is 82.0 Å². The first-order valence-corrected chi connectivity index (χ1v) is 11.9. The van der Waals surface area contributed by atoms with E-state index < -0.39 is 0 Å². The van der Waals surface area contributed by atoms with Gasteiger partial charge in [-0.2, -0.15) is 5.26 Å². The lowest BCUT2D eigenvalue weighted by Gasteiger charge is -2.13. The normalized spacial score (nSPS) is 13.3. The van der Waals surface area contributed by atoms with Crippen molar-refractivity contribution in [2.24, 2.45) is 5.92 Å². The van der Waals surface area contributed by atoms with Crippen molar-refractivity contribution in [2.75, 3.05) is 5.32 Å². The maximum absolute atomic E-state index is 13.0. The second-order valence-electron chi connectivity index (χ2n) is 8.06. The van der Waals surface area contributed by atoms with Crippen LogP contribution in [-0.4, -0.2) is 11.8 Å². The number of benzene rings is 3. The predicted molar refractivity (Wildman–Crippen MR) is 130 cm³/mol. The molecule has 0 unspecified atom stereocenters. The number of carbonyl (C=O) groups excluding carboxylic acids is 2. The molecule has 2 amide bonds. The zero-order chi connectivity index (χ0) is 23.0. The SMILES string of the molecule is N#Cc1ccccc1Sc1ccccc1C(=O)NCc1cccc(NC(=O)C2CCCC2)c1. The molecule has 6 heteroatoms. The first-order valence-electron chi connectivity index (χ1n) is 11.1. The summed E-state index contributed by atoms with van der Waals surface area (Å²) in [6.07, 6.45) is 4.15. The third-order valence-corrected chi connectivity index (χ3v) is 6.88. The van der Waals surface area contributed by atoms with E-state index in [1.807, 2.05) is 60.7 Å². The Bertz CT molecular complexity index is 1200. The first kappa shape index (κ1) is 22.6. The van der Waals surface area contributed by atoms with Gasteiger partial charge in [-0.1, -0.05) is 61.0 Å². The molecule has 1 fully saturated rings. The summed E-state index contributed by atoms with van der Waals surface area (Å²) in [5.74, 6) is -0.00116. The molecular weight excluding hydrogens is 430 g/mol. The Labute approximate surface area is 198 Å². The lowest BCUT2D eigenvalue weighted by atomic mass is 10.1. The molecule has 5 nitrogen and oxygen atoms in total. The highest BCUT2D eigenvalue weighted by molar-refractivity contribution is 7.99. The summed E-state index contributed by atoms with van der Waals surface area (Å²) in [7, 11) is 0. The molecule has 2 N–H and O–H groups in total. The smallest absolute Gasteiger partial charge is 0.252 e. The van der Waals surface area contributed by atoms with Gasteiger partial charge in [-0.25, -0.2) is 0 Å². The molecule has 0 bridgehead atoms. The Kier molecular flexibility index (Phi) is 7.43. The maximum atomic E-state index is 13.0. The molecule has 1 saturated carbocycles. The summed E-state index contributed by atoms with van der Waals surface area (Å²) in [6, 6.07) is 24.5. The van der Waals surface area contributed by atoms with Crippen LogP contribution < -0.4 is 10.6 Å². The van der Waals surface area contributed by atoms with Crippen molar-refractivity contribution in [3.63, 3.8) is 0 Å². The van der Waals surface area contributed by atoms with Crippen LogP contribution in [0.5, 0.6) is 0 Å². The molecule has 0 atom stereocenters. The Hall–Kier alpha value is -3.56. The van der Waals surface area contributed by atoms with E-state index in [2.05, 4.69) is 16.7 Å². The summed E-state index contributed by atoms with van der Waals surface area (Å²) in [4.78, 5) is 27.0. The third-order valence-electron chi connectivity index (χ3n) is 5.73. The molecule has 0 aromatic heterocycles. The van der Waals surface area contributed by atoms with Crippen LogP contribution in [0.25, 0.3) is 0 Å². The predicted octanol–water partition coefficient (Wildman–Crippen LogP) is 5.77. The molecular formula is C27H25N3O2S. The molecule has 0 spiro atoms. The van der Waals surface area contributed by atoms with Crippen molar-refractivity contribution < 1.29 is 9.59 Å². The average Bonchev–Trinajstić information content (AvgIpc) is 3.39. The fourth-order valence-corrected chi connectivity index (χ4v) is 5.00. The molecule has 1 aliphatic carbocycles. The van der Waals surface area contributed by atoms with Crippen LogP contribution in [0.1, 0.15) is 47.2 Å². The first-order chi connectivity index (χ1) is 16.1. The molecule has 0 heterocycles. The van der Waals surface area contributed by atoms with Crippen LogP contribution in [0.2, 0.25) is 0 Å². The monoisotopic (exact) mass is 455 g/mol. The highest BCUT2D eigenvalue weighted by atomic mass is 32.2. The molecule has 33 heavy (non-hydrogen) atoms. The van der Waals surface area contributed by atoms with Gasteiger partial charge in [-0.15, -0.1) is 0 Å². The van der Waals surface area contributed by atoms with E-state index in [4.69, 9.17) is 0 Å². The number of hydrogen-bond donors (Lipinski definition) is 2. The molecule has 166 valence electrons. The number of amides is 2. The fourth-order valence-electron chi connectivity index (χ4n) is 3.98. The Balaban J connectivity index is 1.41. The molecule has 0 radical (unpaired) electrons. The van der Waals surface area contributed by atoms with E-state index in [1.54, 1.807) is 12.1 Å². The second-order valence-corrected chi connectivity index (χ2v) is 9.14. The minimum absolute atomic E-state index is 0.0808. The highest BCUT2D eigenvalue weighted by Crippen LogP contribution is 2.32. The van der Waals surface area contributed by atoms with Gasteiger partial charge in [0.15, 0.2) is 0 Å². The highest BCUT2D eigenvalue weighted by Gasteiger charge is 2.22. The number of hydrogen-bond acceptors (Lipinski definition) is 4. The summed E-state index contributed by atoms with van der Waals surface area (Å²) >= 11 is 1.41. The number of nitrogens with one attached hydrogen (secondary N) is 2. The van der Waals surface area contributed by atoms with Crippen molar-refractivity contribution >= 4 is 29.3 Å². The van der Waals surface area contributed by atoms with E-state index in [0.29, 0.717) is 17.7 Å². The van der Waals surface area contributed by atoms with Gasteiger partial charge in [-0.05, 0) is 54.8 Å². The lowest BCUT2D eigenvalue weighted by Crippen LogP contribution is -2.23. The largest absolute Gasteiger partial charge is 0.348 e.